The van der Waals surface area contributed by atoms with Crippen molar-refractivity contribution in [1.29, 1.82) is 0 Å². The van der Waals surface area contributed by atoms with E-state index in [0.29, 0.717) is 6.42 Å². The summed E-state index contributed by atoms with van der Waals surface area (Å²) in [6.45, 7) is 1.92. The Kier molecular flexibility index (Phi) is 6.21. The monoisotopic (exact) mass is 305 g/mol. The van der Waals surface area contributed by atoms with E-state index in [9.17, 15) is 9.59 Å². The molecule has 1 aromatic carbocycles. The fourth-order valence-electron chi connectivity index (χ4n) is 2.69. The molecule has 1 fully saturated rings. The number of hydrogen-bond donors (Lipinski definition) is 4. The van der Waals surface area contributed by atoms with E-state index in [1.54, 1.807) is 0 Å². The minimum absolute atomic E-state index is 0.0179. The summed E-state index contributed by atoms with van der Waals surface area (Å²) >= 11 is 0. The third-order valence-electron chi connectivity index (χ3n) is 3.88. The van der Waals surface area contributed by atoms with E-state index >= 15 is 0 Å². The lowest BCUT2D eigenvalue weighted by atomic mass is 9.96. The molecule has 1 atom stereocenters. The topological polar surface area (TPSA) is 90.5 Å². The summed E-state index contributed by atoms with van der Waals surface area (Å²) in [5, 5.41) is 17.4. The Balaban J connectivity index is 1.93. The molecule has 0 aromatic heterocycles. The predicted octanol–water partition coefficient (Wildman–Crippen LogP) is 0.981. The Hall–Kier alpha value is -2.08. The summed E-state index contributed by atoms with van der Waals surface area (Å²) in [7, 11) is 0. The lowest BCUT2D eigenvalue weighted by Crippen LogP contribution is -2.48. The Morgan fingerprint density at radius 3 is 2.55 bits per heavy atom. The van der Waals surface area contributed by atoms with Gasteiger partial charge in [-0.05, 0) is 37.9 Å². The number of amides is 2. The van der Waals surface area contributed by atoms with Crippen molar-refractivity contribution in [2.75, 3.05) is 19.6 Å². The van der Waals surface area contributed by atoms with E-state index in [4.69, 9.17) is 5.11 Å². The Morgan fingerprint density at radius 2 is 1.91 bits per heavy atom. The van der Waals surface area contributed by atoms with E-state index in [0.717, 1.165) is 31.5 Å². The van der Waals surface area contributed by atoms with Crippen LogP contribution in [0.3, 0.4) is 0 Å². The zero-order valence-corrected chi connectivity index (χ0v) is 12.5. The van der Waals surface area contributed by atoms with Crippen molar-refractivity contribution >= 4 is 12.0 Å². The molecule has 1 unspecified atom stereocenters. The van der Waals surface area contributed by atoms with Crippen LogP contribution in [-0.2, 0) is 11.2 Å². The van der Waals surface area contributed by atoms with Crippen molar-refractivity contribution in [2.45, 2.75) is 25.3 Å². The molecule has 4 N–H and O–H groups in total. The molecular formula is C16H23N3O3. The molecular weight excluding hydrogens is 282 g/mol. The van der Waals surface area contributed by atoms with E-state index in [2.05, 4.69) is 16.0 Å². The van der Waals surface area contributed by atoms with E-state index < -0.39 is 6.09 Å². The summed E-state index contributed by atoms with van der Waals surface area (Å²) in [5.41, 5.74) is 1.07. The highest BCUT2D eigenvalue weighted by Gasteiger charge is 2.23. The van der Waals surface area contributed by atoms with Crippen LogP contribution in [0.5, 0.6) is 0 Å². The van der Waals surface area contributed by atoms with Crippen LogP contribution >= 0.6 is 0 Å². The van der Waals surface area contributed by atoms with Crippen LogP contribution in [0.2, 0.25) is 0 Å². The molecule has 0 aliphatic carbocycles. The van der Waals surface area contributed by atoms with Gasteiger partial charge in [-0.1, -0.05) is 30.3 Å². The average molecular weight is 305 g/mol. The Morgan fingerprint density at radius 1 is 1.23 bits per heavy atom. The second-order valence-electron chi connectivity index (χ2n) is 5.61. The van der Waals surface area contributed by atoms with Crippen LogP contribution in [0, 0.1) is 5.92 Å². The molecule has 0 saturated carbocycles. The lowest BCUT2D eigenvalue weighted by Gasteiger charge is -2.25. The first kappa shape index (κ1) is 16.3. The third kappa shape index (κ3) is 5.37. The van der Waals surface area contributed by atoms with Gasteiger partial charge in [0.15, 0.2) is 0 Å². The maximum Gasteiger partial charge on any atom is 0.404 e. The van der Waals surface area contributed by atoms with Gasteiger partial charge >= 0.3 is 6.09 Å². The van der Waals surface area contributed by atoms with Crippen molar-refractivity contribution in [3.63, 3.8) is 0 Å². The molecule has 1 aliphatic heterocycles. The summed E-state index contributed by atoms with van der Waals surface area (Å²) in [6, 6.07) is 9.52. The zero-order chi connectivity index (χ0) is 15.8. The quantitative estimate of drug-likeness (QED) is 0.630. The van der Waals surface area contributed by atoms with Gasteiger partial charge < -0.3 is 21.1 Å². The van der Waals surface area contributed by atoms with Crippen molar-refractivity contribution in [1.82, 2.24) is 16.0 Å². The highest BCUT2D eigenvalue weighted by molar-refractivity contribution is 5.79. The highest BCUT2D eigenvalue weighted by atomic mass is 16.4. The minimum Gasteiger partial charge on any atom is -0.465 e. The van der Waals surface area contributed by atoms with Crippen molar-refractivity contribution in [3.8, 4) is 0 Å². The molecule has 0 bridgehead atoms. The van der Waals surface area contributed by atoms with Crippen molar-refractivity contribution in [2.24, 2.45) is 5.92 Å². The van der Waals surface area contributed by atoms with Gasteiger partial charge in [-0.15, -0.1) is 0 Å². The summed E-state index contributed by atoms with van der Waals surface area (Å²) in [4.78, 5) is 23.0. The number of carbonyl (C=O) groups is 2. The van der Waals surface area contributed by atoms with Crippen LogP contribution in [0.1, 0.15) is 18.4 Å². The summed E-state index contributed by atoms with van der Waals surface area (Å²) in [5.74, 6) is 0.0407. The van der Waals surface area contributed by atoms with Crippen LogP contribution < -0.4 is 16.0 Å². The molecule has 0 radical (unpaired) electrons. The number of nitrogens with one attached hydrogen (secondary N) is 3. The molecule has 1 heterocycles. The largest absolute Gasteiger partial charge is 0.465 e. The maximum absolute atomic E-state index is 12.3. The number of carbonyl (C=O) groups excluding carboxylic acids is 1. The van der Waals surface area contributed by atoms with Gasteiger partial charge in [-0.2, -0.15) is 0 Å². The first-order valence-electron chi connectivity index (χ1n) is 7.67. The second kappa shape index (κ2) is 8.38. The van der Waals surface area contributed by atoms with Crippen molar-refractivity contribution < 1.29 is 14.7 Å². The standard InChI is InChI=1S/C16H23N3O3/c20-15(13-6-8-17-9-7-13)19-14(11-18-16(21)22)10-12-4-2-1-3-5-12/h1-5,13-14,17-18H,6-11H2,(H,19,20)(H,21,22). The SMILES string of the molecule is O=C(O)NCC(Cc1ccccc1)NC(=O)C1CCNCC1. The predicted molar refractivity (Wildman–Crippen MR) is 83.7 cm³/mol. The summed E-state index contributed by atoms with van der Waals surface area (Å²) < 4.78 is 0. The first-order chi connectivity index (χ1) is 10.6. The number of hydrogen-bond acceptors (Lipinski definition) is 3. The first-order valence-corrected chi connectivity index (χ1v) is 7.67. The smallest absolute Gasteiger partial charge is 0.404 e. The molecule has 1 aromatic rings. The van der Waals surface area contributed by atoms with Gasteiger partial charge in [-0.25, -0.2) is 4.79 Å². The number of carboxylic acid groups (broad SMARTS) is 1. The average Bonchev–Trinajstić information content (AvgIpc) is 2.54. The third-order valence-corrected chi connectivity index (χ3v) is 3.88. The van der Waals surface area contributed by atoms with Gasteiger partial charge in [0.1, 0.15) is 0 Å². The van der Waals surface area contributed by atoms with Crippen molar-refractivity contribution in [3.05, 3.63) is 35.9 Å². The molecule has 2 amide bonds. The van der Waals surface area contributed by atoms with Gasteiger partial charge in [0.05, 0.1) is 6.04 Å². The van der Waals surface area contributed by atoms with Gasteiger partial charge in [-0.3, -0.25) is 4.79 Å². The summed E-state index contributed by atoms with van der Waals surface area (Å²) in [6.07, 6.45) is 1.19. The molecule has 6 heteroatoms. The van der Waals surface area contributed by atoms with Gasteiger partial charge in [0, 0.05) is 12.5 Å². The van der Waals surface area contributed by atoms with E-state index in [1.807, 2.05) is 30.3 Å². The minimum atomic E-state index is -1.07. The fraction of sp³-hybridized carbons (Fsp3) is 0.500. The highest BCUT2D eigenvalue weighted by Crippen LogP contribution is 2.12. The van der Waals surface area contributed by atoms with Crippen LogP contribution in [-0.4, -0.2) is 42.8 Å². The van der Waals surface area contributed by atoms with Gasteiger partial charge in [0.25, 0.3) is 0 Å². The lowest BCUT2D eigenvalue weighted by molar-refractivity contribution is -0.126. The van der Waals surface area contributed by atoms with Crippen LogP contribution in [0.25, 0.3) is 0 Å². The normalized spacial score (nSPS) is 16.7. The van der Waals surface area contributed by atoms with E-state index in [-0.39, 0.29) is 24.4 Å². The number of benzene rings is 1. The fourth-order valence-corrected chi connectivity index (χ4v) is 2.69. The molecule has 0 spiro atoms. The molecule has 1 saturated heterocycles. The zero-order valence-electron chi connectivity index (χ0n) is 12.5. The number of piperidine rings is 1. The molecule has 22 heavy (non-hydrogen) atoms. The molecule has 1 aliphatic rings. The molecule has 6 nitrogen and oxygen atoms in total. The van der Waals surface area contributed by atoms with E-state index in [1.165, 1.54) is 0 Å². The maximum atomic E-state index is 12.3. The Labute approximate surface area is 130 Å². The van der Waals surface area contributed by atoms with Crippen LogP contribution in [0.15, 0.2) is 30.3 Å². The molecule has 2 rings (SSSR count). The molecule has 120 valence electrons. The number of rotatable bonds is 6. The Bertz CT molecular complexity index is 487. The van der Waals surface area contributed by atoms with Crippen LogP contribution in [0.4, 0.5) is 4.79 Å². The second-order valence-corrected chi connectivity index (χ2v) is 5.61. The van der Waals surface area contributed by atoms with Gasteiger partial charge in [0.2, 0.25) is 5.91 Å².